The summed E-state index contributed by atoms with van der Waals surface area (Å²) < 4.78 is 15.7. The highest BCUT2D eigenvalue weighted by atomic mass is 19.1. The lowest BCUT2D eigenvalue weighted by Gasteiger charge is -2.29. The molecule has 1 aliphatic heterocycles. The molecular formula is C26H24FN5O2. The summed E-state index contributed by atoms with van der Waals surface area (Å²) in [5.41, 5.74) is 5.16. The smallest absolute Gasteiger partial charge is 0.270 e. The van der Waals surface area contributed by atoms with Crippen LogP contribution in [0.15, 0.2) is 67.0 Å². The van der Waals surface area contributed by atoms with Gasteiger partial charge in [0, 0.05) is 43.3 Å². The van der Waals surface area contributed by atoms with Crippen LogP contribution in [0.3, 0.4) is 0 Å². The van der Waals surface area contributed by atoms with Crippen molar-refractivity contribution in [1.82, 2.24) is 19.4 Å². The maximum Gasteiger partial charge on any atom is 0.270 e. The van der Waals surface area contributed by atoms with E-state index < -0.39 is 0 Å². The molecular weight excluding hydrogens is 433 g/mol. The highest BCUT2D eigenvalue weighted by molar-refractivity contribution is 5.95. The summed E-state index contributed by atoms with van der Waals surface area (Å²) in [7, 11) is 0. The third-order valence-corrected chi connectivity index (χ3v) is 5.99. The van der Waals surface area contributed by atoms with Crippen LogP contribution in [0.4, 0.5) is 16.0 Å². The average molecular weight is 458 g/mol. The first kappa shape index (κ1) is 21.8. The fourth-order valence-electron chi connectivity index (χ4n) is 4.19. The van der Waals surface area contributed by atoms with Crippen LogP contribution in [0.25, 0.3) is 11.3 Å². The van der Waals surface area contributed by atoms with Gasteiger partial charge in [-0.3, -0.25) is 4.79 Å². The number of benzene rings is 2. The highest BCUT2D eigenvalue weighted by Crippen LogP contribution is 2.28. The Labute approximate surface area is 196 Å². The second kappa shape index (κ2) is 9.07. The zero-order valence-electron chi connectivity index (χ0n) is 18.7. The fourth-order valence-corrected chi connectivity index (χ4v) is 4.19. The number of hydrogen-bond acceptors (Lipinski definition) is 5. The summed E-state index contributed by atoms with van der Waals surface area (Å²) in [6, 6.07) is 15.8. The monoisotopic (exact) mass is 457 g/mol. The number of hydrogen-bond donors (Lipinski definition) is 2. The lowest BCUT2D eigenvalue weighted by molar-refractivity contribution is 0.0689. The number of para-hydroxylation sites is 1. The molecule has 0 atom stereocenters. The highest BCUT2D eigenvalue weighted by Gasteiger charge is 2.27. The van der Waals surface area contributed by atoms with Crippen molar-refractivity contribution >= 4 is 17.5 Å². The van der Waals surface area contributed by atoms with Gasteiger partial charge in [0.25, 0.3) is 5.91 Å². The van der Waals surface area contributed by atoms with Crippen LogP contribution in [0.5, 0.6) is 0 Å². The maximum absolute atomic E-state index is 13.8. The van der Waals surface area contributed by atoms with Crippen molar-refractivity contribution in [3.8, 4) is 11.3 Å². The number of aromatic nitrogens is 3. The summed E-state index contributed by atoms with van der Waals surface area (Å²) >= 11 is 0. The Morgan fingerprint density at radius 2 is 1.91 bits per heavy atom. The summed E-state index contributed by atoms with van der Waals surface area (Å²) in [6.07, 6.45) is 3.70. The molecule has 172 valence electrons. The van der Waals surface area contributed by atoms with Crippen molar-refractivity contribution < 1.29 is 14.3 Å². The minimum absolute atomic E-state index is 0.139. The van der Waals surface area contributed by atoms with Gasteiger partial charge in [0.2, 0.25) is 5.95 Å². The SMILES string of the molecule is Cc1cnc(Nc2ccccc2)nc1-c1cc2n(c1)CCN(Cc1cc(F)ccc1CO)C2=O. The maximum atomic E-state index is 13.8. The topological polar surface area (TPSA) is 83.3 Å². The number of amides is 1. The average Bonchev–Trinajstić information content (AvgIpc) is 3.28. The molecule has 1 aliphatic rings. The van der Waals surface area contributed by atoms with Gasteiger partial charge in [-0.2, -0.15) is 0 Å². The Morgan fingerprint density at radius 1 is 1.09 bits per heavy atom. The van der Waals surface area contributed by atoms with Crippen LogP contribution in [-0.2, 0) is 19.7 Å². The van der Waals surface area contributed by atoms with Crippen molar-refractivity contribution in [3.63, 3.8) is 0 Å². The molecule has 2 N–H and O–H groups in total. The first-order chi connectivity index (χ1) is 16.5. The van der Waals surface area contributed by atoms with Crippen molar-refractivity contribution in [2.24, 2.45) is 0 Å². The van der Waals surface area contributed by atoms with E-state index >= 15 is 0 Å². The number of nitrogens with one attached hydrogen (secondary N) is 1. The van der Waals surface area contributed by atoms with Crippen molar-refractivity contribution in [2.45, 2.75) is 26.6 Å². The van der Waals surface area contributed by atoms with Crippen molar-refractivity contribution in [3.05, 3.63) is 95.2 Å². The molecule has 0 unspecified atom stereocenters. The number of rotatable bonds is 6. The van der Waals surface area contributed by atoms with Gasteiger partial charge >= 0.3 is 0 Å². The largest absolute Gasteiger partial charge is 0.392 e. The number of nitrogens with zero attached hydrogens (tertiary/aromatic N) is 4. The molecule has 34 heavy (non-hydrogen) atoms. The molecule has 0 spiro atoms. The van der Waals surface area contributed by atoms with E-state index in [-0.39, 0.29) is 24.9 Å². The third-order valence-electron chi connectivity index (χ3n) is 5.99. The molecule has 5 rings (SSSR count). The molecule has 2 aromatic heterocycles. The minimum atomic E-state index is -0.388. The molecule has 8 heteroatoms. The van der Waals surface area contributed by atoms with Gasteiger partial charge in [0.15, 0.2) is 0 Å². The van der Waals surface area contributed by atoms with Crippen LogP contribution in [0, 0.1) is 12.7 Å². The zero-order valence-corrected chi connectivity index (χ0v) is 18.7. The number of aryl methyl sites for hydroxylation is 1. The summed E-state index contributed by atoms with van der Waals surface area (Å²) in [4.78, 5) is 24.0. The molecule has 4 aromatic rings. The first-order valence-corrected chi connectivity index (χ1v) is 11.1. The van der Waals surface area contributed by atoms with Gasteiger partial charge in [-0.1, -0.05) is 24.3 Å². The second-order valence-corrected chi connectivity index (χ2v) is 8.32. The zero-order chi connectivity index (χ0) is 23.7. The molecule has 0 fully saturated rings. The summed E-state index contributed by atoms with van der Waals surface area (Å²) in [6.45, 7) is 3.08. The van der Waals surface area contributed by atoms with E-state index in [1.54, 1.807) is 17.2 Å². The standard InChI is InChI=1S/C26H24FN5O2/c1-17-13-28-26(29-22-5-3-2-4-6-22)30-24(17)20-12-23-25(34)32(10-9-31(23)15-20)14-19-11-21(27)8-7-18(19)16-33/h2-8,11-13,15,33H,9-10,14,16H2,1H3,(H,28,29,30). The molecule has 1 amide bonds. The molecule has 0 radical (unpaired) electrons. The number of carbonyl (C=O) groups is 1. The molecule has 3 heterocycles. The molecule has 7 nitrogen and oxygen atoms in total. The Hall–Kier alpha value is -4.04. The molecule has 0 saturated heterocycles. The Balaban J connectivity index is 1.41. The number of aliphatic hydroxyl groups excluding tert-OH is 1. The van der Waals surface area contributed by atoms with Gasteiger partial charge < -0.3 is 19.9 Å². The van der Waals surface area contributed by atoms with E-state index in [0.717, 1.165) is 22.5 Å². The lowest BCUT2D eigenvalue weighted by Crippen LogP contribution is -2.39. The van der Waals surface area contributed by atoms with Gasteiger partial charge in [0.1, 0.15) is 11.5 Å². The quantitative estimate of drug-likeness (QED) is 0.452. The third kappa shape index (κ3) is 4.27. The minimum Gasteiger partial charge on any atom is -0.392 e. The fraction of sp³-hybridized carbons (Fsp3) is 0.192. The summed E-state index contributed by atoms with van der Waals surface area (Å²) in [5.74, 6) is -0.0481. The van der Waals surface area contributed by atoms with Gasteiger partial charge in [-0.25, -0.2) is 14.4 Å². The van der Waals surface area contributed by atoms with Gasteiger partial charge in [0.05, 0.1) is 12.3 Å². The lowest BCUT2D eigenvalue weighted by atomic mass is 10.1. The molecule has 2 aromatic carbocycles. The Morgan fingerprint density at radius 3 is 2.71 bits per heavy atom. The normalized spacial score (nSPS) is 13.1. The van der Waals surface area contributed by atoms with E-state index in [2.05, 4.69) is 10.3 Å². The van der Waals surface area contributed by atoms with E-state index in [9.17, 15) is 14.3 Å². The number of halogens is 1. The number of carbonyl (C=O) groups excluding carboxylic acids is 1. The van der Waals surface area contributed by atoms with Crippen LogP contribution in [0.1, 0.15) is 27.2 Å². The number of aliphatic hydroxyl groups is 1. The molecule has 0 saturated carbocycles. The van der Waals surface area contributed by atoms with E-state index in [1.807, 2.05) is 54.1 Å². The van der Waals surface area contributed by atoms with E-state index in [0.29, 0.717) is 35.9 Å². The predicted molar refractivity (Wildman–Crippen MR) is 127 cm³/mol. The van der Waals surface area contributed by atoms with Crippen molar-refractivity contribution in [1.29, 1.82) is 0 Å². The second-order valence-electron chi connectivity index (χ2n) is 8.32. The first-order valence-electron chi connectivity index (χ1n) is 11.1. The van der Waals surface area contributed by atoms with E-state index in [4.69, 9.17) is 4.98 Å². The Bertz CT molecular complexity index is 1350. The number of anilines is 2. The Kier molecular flexibility index (Phi) is 5.81. The van der Waals surface area contributed by atoms with Gasteiger partial charge in [-0.15, -0.1) is 0 Å². The van der Waals surface area contributed by atoms with Gasteiger partial charge in [-0.05, 0) is 53.9 Å². The van der Waals surface area contributed by atoms with Crippen LogP contribution in [0.2, 0.25) is 0 Å². The van der Waals surface area contributed by atoms with Crippen molar-refractivity contribution in [2.75, 3.05) is 11.9 Å². The molecule has 0 aliphatic carbocycles. The predicted octanol–water partition coefficient (Wildman–Crippen LogP) is 4.28. The number of fused-ring (bicyclic) bond motifs is 1. The van der Waals surface area contributed by atoms with Crippen LogP contribution >= 0.6 is 0 Å². The summed E-state index contributed by atoms with van der Waals surface area (Å²) in [5, 5.41) is 12.8. The van der Waals surface area contributed by atoms with E-state index in [1.165, 1.54) is 12.1 Å². The van der Waals surface area contributed by atoms with Crippen LogP contribution in [-0.4, -0.2) is 37.0 Å². The molecule has 0 bridgehead atoms. The van der Waals surface area contributed by atoms with Crippen LogP contribution < -0.4 is 5.32 Å².